The molecule has 1 atom stereocenters. The van der Waals surface area contributed by atoms with Crippen molar-refractivity contribution in [3.63, 3.8) is 0 Å². The molecule has 0 aromatic heterocycles. The van der Waals surface area contributed by atoms with Crippen LogP contribution in [-0.4, -0.2) is 0 Å². The lowest BCUT2D eigenvalue weighted by atomic mass is 10.0. The van der Waals surface area contributed by atoms with Crippen molar-refractivity contribution in [3.8, 4) is 0 Å². The van der Waals surface area contributed by atoms with Crippen LogP contribution in [0.3, 0.4) is 0 Å². The number of halogens is 2. The van der Waals surface area contributed by atoms with Crippen molar-refractivity contribution in [1.82, 2.24) is 0 Å². The maximum absolute atomic E-state index is 13.9. The monoisotopic (exact) mass is 289 g/mol. The van der Waals surface area contributed by atoms with E-state index in [9.17, 15) is 4.39 Å². The molecule has 1 aliphatic carbocycles. The van der Waals surface area contributed by atoms with Crippen LogP contribution in [0.15, 0.2) is 42.5 Å². The average Bonchev–Trinajstić information content (AvgIpc) is 3.25. The zero-order valence-corrected chi connectivity index (χ0v) is 12.1. The Labute approximate surface area is 123 Å². The summed E-state index contributed by atoms with van der Waals surface area (Å²) in [6, 6.07) is 13.1. The van der Waals surface area contributed by atoms with E-state index in [1.54, 1.807) is 6.07 Å². The Bertz CT molecular complexity index is 605. The van der Waals surface area contributed by atoms with Crippen LogP contribution < -0.4 is 5.32 Å². The molecule has 0 aliphatic heterocycles. The van der Waals surface area contributed by atoms with Gasteiger partial charge in [0.1, 0.15) is 5.82 Å². The fourth-order valence-electron chi connectivity index (χ4n) is 2.49. The fraction of sp³-hybridized carbons (Fsp3) is 0.294. The smallest absolute Gasteiger partial charge is 0.146 e. The van der Waals surface area contributed by atoms with Crippen molar-refractivity contribution in [1.29, 1.82) is 0 Å². The van der Waals surface area contributed by atoms with E-state index >= 15 is 0 Å². The molecule has 3 rings (SSSR count). The van der Waals surface area contributed by atoms with E-state index in [0.717, 1.165) is 16.1 Å². The number of hydrogen-bond acceptors (Lipinski definition) is 1. The van der Waals surface area contributed by atoms with Gasteiger partial charge in [-0.25, -0.2) is 4.39 Å². The third-order valence-electron chi connectivity index (χ3n) is 3.76. The summed E-state index contributed by atoms with van der Waals surface area (Å²) in [7, 11) is 0. The summed E-state index contributed by atoms with van der Waals surface area (Å²) in [6.07, 6.45) is 2.38. The summed E-state index contributed by atoms with van der Waals surface area (Å²) in [6.45, 7) is 1.97. The molecule has 3 heteroatoms. The highest BCUT2D eigenvalue weighted by Crippen LogP contribution is 2.43. The fourth-order valence-corrected chi connectivity index (χ4v) is 2.62. The van der Waals surface area contributed by atoms with Gasteiger partial charge in [-0.15, -0.1) is 0 Å². The number of benzene rings is 2. The molecule has 20 heavy (non-hydrogen) atoms. The van der Waals surface area contributed by atoms with E-state index in [0.29, 0.717) is 11.6 Å². The number of hydrogen-bond donors (Lipinski definition) is 1. The summed E-state index contributed by atoms with van der Waals surface area (Å²) in [5.41, 5.74) is 2.80. The Morgan fingerprint density at radius 3 is 2.50 bits per heavy atom. The Balaban J connectivity index is 1.88. The largest absolute Gasteiger partial charge is 0.376 e. The van der Waals surface area contributed by atoms with Crippen molar-refractivity contribution in [2.24, 2.45) is 5.92 Å². The molecule has 1 aliphatic rings. The van der Waals surface area contributed by atoms with Gasteiger partial charge in [0.15, 0.2) is 0 Å². The molecule has 0 spiro atoms. The molecular weight excluding hydrogens is 273 g/mol. The van der Waals surface area contributed by atoms with Gasteiger partial charge in [0.2, 0.25) is 0 Å². The lowest BCUT2D eigenvalue weighted by molar-refractivity contribution is 0.616. The number of rotatable bonds is 4. The Hall–Kier alpha value is -1.54. The normalized spacial score (nSPS) is 15.9. The molecule has 0 saturated heterocycles. The summed E-state index contributed by atoms with van der Waals surface area (Å²) in [5, 5.41) is 4.09. The first-order chi connectivity index (χ1) is 9.63. The van der Waals surface area contributed by atoms with Crippen LogP contribution in [0.25, 0.3) is 0 Å². The molecule has 0 radical (unpaired) electrons. The summed E-state index contributed by atoms with van der Waals surface area (Å²) >= 11 is 5.94. The second kappa shape index (κ2) is 5.45. The second-order valence-electron chi connectivity index (χ2n) is 5.49. The van der Waals surface area contributed by atoms with Gasteiger partial charge < -0.3 is 5.32 Å². The second-order valence-corrected chi connectivity index (χ2v) is 5.93. The Morgan fingerprint density at radius 1 is 1.15 bits per heavy atom. The van der Waals surface area contributed by atoms with Gasteiger partial charge >= 0.3 is 0 Å². The van der Waals surface area contributed by atoms with Crippen molar-refractivity contribution >= 4 is 17.3 Å². The van der Waals surface area contributed by atoms with Crippen LogP contribution >= 0.6 is 11.6 Å². The SMILES string of the molecule is Cc1ccc(F)c(NC(c2ccc(Cl)cc2)C2CC2)c1. The van der Waals surface area contributed by atoms with E-state index in [1.165, 1.54) is 18.9 Å². The van der Waals surface area contributed by atoms with Crippen LogP contribution in [0, 0.1) is 18.7 Å². The average molecular weight is 290 g/mol. The highest BCUT2D eigenvalue weighted by Gasteiger charge is 2.32. The highest BCUT2D eigenvalue weighted by atomic mass is 35.5. The van der Waals surface area contributed by atoms with Crippen molar-refractivity contribution in [3.05, 3.63) is 64.4 Å². The summed E-state index contributed by atoms with van der Waals surface area (Å²) in [5.74, 6) is 0.381. The standard InChI is InChI=1S/C17H17ClFN/c1-11-2-9-15(19)16(10-11)20-17(12-3-4-12)13-5-7-14(18)8-6-13/h2,5-10,12,17,20H,3-4H2,1H3. The van der Waals surface area contributed by atoms with Crippen molar-refractivity contribution in [2.75, 3.05) is 5.32 Å². The molecule has 1 N–H and O–H groups in total. The molecule has 1 fully saturated rings. The van der Waals surface area contributed by atoms with E-state index in [4.69, 9.17) is 11.6 Å². The van der Waals surface area contributed by atoms with Gasteiger partial charge in [-0.2, -0.15) is 0 Å². The van der Waals surface area contributed by atoms with Crippen LogP contribution in [0.5, 0.6) is 0 Å². The van der Waals surface area contributed by atoms with E-state index < -0.39 is 0 Å². The first kappa shape index (κ1) is 13.4. The van der Waals surface area contributed by atoms with Gasteiger partial charge in [-0.1, -0.05) is 29.8 Å². The van der Waals surface area contributed by atoms with Gasteiger partial charge in [-0.05, 0) is 61.1 Å². The van der Waals surface area contributed by atoms with Gasteiger partial charge in [0, 0.05) is 5.02 Å². The first-order valence-electron chi connectivity index (χ1n) is 6.91. The minimum Gasteiger partial charge on any atom is -0.376 e. The number of anilines is 1. The maximum atomic E-state index is 13.9. The van der Waals surface area contributed by atoms with Crippen LogP contribution in [0.4, 0.5) is 10.1 Å². The lowest BCUT2D eigenvalue weighted by Crippen LogP contribution is -2.14. The summed E-state index contributed by atoms with van der Waals surface area (Å²) < 4.78 is 13.9. The topological polar surface area (TPSA) is 12.0 Å². The summed E-state index contributed by atoms with van der Waals surface area (Å²) in [4.78, 5) is 0. The predicted molar refractivity (Wildman–Crippen MR) is 81.7 cm³/mol. The Morgan fingerprint density at radius 2 is 1.85 bits per heavy atom. The number of aryl methyl sites for hydroxylation is 1. The zero-order valence-electron chi connectivity index (χ0n) is 11.4. The molecule has 0 heterocycles. The molecule has 104 valence electrons. The Kier molecular flexibility index (Phi) is 3.66. The third kappa shape index (κ3) is 2.96. The van der Waals surface area contributed by atoms with Gasteiger partial charge in [0.25, 0.3) is 0 Å². The first-order valence-corrected chi connectivity index (χ1v) is 7.29. The molecule has 2 aromatic rings. The highest BCUT2D eigenvalue weighted by molar-refractivity contribution is 6.30. The molecule has 1 nitrogen and oxygen atoms in total. The quantitative estimate of drug-likeness (QED) is 0.800. The minimum atomic E-state index is -0.199. The number of nitrogens with one attached hydrogen (secondary N) is 1. The zero-order chi connectivity index (χ0) is 14.1. The van der Waals surface area contributed by atoms with Gasteiger partial charge in [-0.3, -0.25) is 0 Å². The van der Waals surface area contributed by atoms with E-state index in [2.05, 4.69) is 5.32 Å². The minimum absolute atomic E-state index is 0.156. The molecule has 0 bridgehead atoms. The molecule has 2 aromatic carbocycles. The van der Waals surface area contributed by atoms with Crippen molar-refractivity contribution < 1.29 is 4.39 Å². The molecular formula is C17H17ClFN. The van der Waals surface area contributed by atoms with Crippen LogP contribution in [0.2, 0.25) is 5.02 Å². The van der Waals surface area contributed by atoms with Crippen LogP contribution in [-0.2, 0) is 0 Å². The maximum Gasteiger partial charge on any atom is 0.146 e. The van der Waals surface area contributed by atoms with E-state index in [1.807, 2.05) is 37.3 Å². The van der Waals surface area contributed by atoms with Crippen molar-refractivity contribution in [2.45, 2.75) is 25.8 Å². The lowest BCUT2D eigenvalue weighted by Gasteiger charge is -2.21. The molecule has 1 saturated carbocycles. The molecule has 1 unspecified atom stereocenters. The third-order valence-corrected chi connectivity index (χ3v) is 4.01. The predicted octanol–water partition coefficient (Wildman–Crippen LogP) is 5.35. The van der Waals surface area contributed by atoms with E-state index in [-0.39, 0.29) is 11.9 Å². The van der Waals surface area contributed by atoms with Crippen LogP contribution in [0.1, 0.15) is 30.0 Å². The molecule has 0 amide bonds. The van der Waals surface area contributed by atoms with Gasteiger partial charge in [0.05, 0.1) is 11.7 Å².